The van der Waals surface area contributed by atoms with Gasteiger partial charge in [-0.15, -0.1) is 11.3 Å². The molecule has 0 aliphatic heterocycles. The summed E-state index contributed by atoms with van der Waals surface area (Å²) in [5.41, 5.74) is -4.00. The van der Waals surface area contributed by atoms with Crippen molar-refractivity contribution in [2.24, 2.45) is 0 Å². The van der Waals surface area contributed by atoms with Crippen molar-refractivity contribution in [1.29, 1.82) is 5.26 Å². The molecule has 4 aromatic rings. The van der Waals surface area contributed by atoms with Gasteiger partial charge in [0.15, 0.2) is 19.7 Å². The topological polar surface area (TPSA) is 114 Å². The van der Waals surface area contributed by atoms with Crippen LogP contribution in [0.2, 0.25) is 0 Å². The largest absolute Gasteiger partial charge is 0.417 e. The summed E-state index contributed by atoms with van der Waals surface area (Å²) in [4.78, 5) is 13.0. The molecule has 0 fully saturated rings. The second kappa shape index (κ2) is 10.3. The van der Waals surface area contributed by atoms with Crippen LogP contribution in [0.5, 0.6) is 0 Å². The summed E-state index contributed by atoms with van der Waals surface area (Å²) in [5.74, 6) is -0.712. The van der Waals surface area contributed by atoms with Crippen LogP contribution in [0.1, 0.15) is 16.7 Å². The lowest BCUT2D eigenvalue weighted by Gasteiger charge is -2.17. The van der Waals surface area contributed by atoms with Crippen molar-refractivity contribution in [2.45, 2.75) is 22.5 Å². The Morgan fingerprint density at radius 1 is 0.900 bits per heavy atom. The summed E-state index contributed by atoms with van der Waals surface area (Å²) in [7, 11) is -7.68. The molecule has 0 spiro atoms. The number of rotatable bonds is 6. The van der Waals surface area contributed by atoms with Crippen molar-refractivity contribution in [3.63, 3.8) is 0 Å². The molecule has 0 unspecified atom stereocenters. The molecular weight excluding hydrogens is 592 g/mol. The summed E-state index contributed by atoms with van der Waals surface area (Å²) in [5, 5.41) is 9.37. The lowest BCUT2D eigenvalue weighted by atomic mass is 10.1. The second-order valence-corrected chi connectivity index (χ2v) is 13.9. The third-order valence-corrected chi connectivity index (χ3v) is 9.22. The number of pyridine rings is 1. The van der Waals surface area contributed by atoms with Crippen molar-refractivity contribution >= 4 is 31.0 Å². The predicted molar refractivity (Wildman–Crippen MR) is 141 cm³/mol. The van der Waals surface area contributed by atoms with Gasteiger partial charge in [0.1, 0.15) is 17.4 Å². The number of halogens is 4. The molecule has 0 saturated carbocycles. The Morgan fingerprint density at radius 3 is 2.00 bits per heavy atom. The van der Waals surface area contributed by atoms with Gasteiger partial charge in [-0.1, -0.05) is 18.2 Å². The van der Waals surface area contributed by atoms with Crippen LogP contribution in [0.15, 0.2) is 75.2 Å². The number of nitrogens with zero attached hydrogens (tertiary/aromatic N) is 2. The maximum absolute atomic E-state index is 14.4. The zero-order chi connectivity index (χ0) is 29.6. The molecule has 0 aliphatic carbocycles. The van der Waals surface area contributed by atoms with Gasteiger partial charge in [-0.25, -0.2) is 21.2 Å². The summed E-state index contributed by atoms with van der Waals surface area (Å²) in [6, 6.07) is 13.5. The van der Waals surface area contributed by atoms with Crippen LogP contribution < -0.4 is 5.56 Å². The number of thiophene rings is 1. The molecule has 4 rings (SSSR count). The van der Waals surface area contributed by atoms with Crippen molar-refractivity contribution in [2.75, 3.05) is 12.5 Å². The molecule has 0 aliphatic rings. The van der Waals surface area contributed by atoms with Gasteiger partial charge in [0.2, 0.25) is 0 Å². The van der Waals surface area contributed by atoms with Crippen molar-refractivity contribution in [1.82, 2.24) is 4.57 Å². The highest BCUT2D eigenvalue weighted by Gasteiger charge is 2.37. The minimum absolute atomic E-state index is 0.00933. The van der Waals surface area contributed by atoms with E-state index in [0.29, 0.717) is 6.07 Å². The highest BCUT2D eigenvalue weighted by atomic mass is 32.2. The molecule has 2 heterocycles. The molecule has 0 amide bonds. The third kappa shape index (κ3) is 5.86. The molecule has 0 N–H and O–H groups in total. The van der Waals surface area contributed by atoms with E-state index in [1.54, 1.807) is 0 Å². The number of benzene rings is 2. The Kier molecular flexibility index (Phi) is 7.52. The lowest BCUT2D eigenvalue weighted by molar-refractivity contribution is -0.137. The standard InChI is InChI=1S/C26H18F4N2O5S3/c1-39(34,35)17-9-16(10-18(11-17)40(2,36)37)23-7-8-24(38-23)22-12-20(26(28,29)30)19(13-31)25(33)32(22)14-15-5-3-4-6-21(15)27/h3-12H,14H2,1-2H3. The Hall–Kier alpha value is -3.80. The van der Waals surface area contributed by atoms with Crippen molar-refractivity contribution in [3.8, 4) is 27.1 Å². The molecule has 0 bridgehead atoms. The van der Waals surface area contributed by atoms with E-state index >= 15 is 0 Å². The molecular formula is C26H18F4N2O5S3. The fourth-order valence-corrected chi connectivity index (χ4v) is 6.37. The van der Waals surface area contributed by atoms with Crippen molar-refractivity contribution < 1.29 is 34.4 Å². The predicted octanol–water partition coefficient (Wildman–Crippen LogP) is 5.13. The average molecular weight is 611 g/mol. The van der Waals surface area contributed by atoms with E-state index in [9.17, 15) is 44.5 Å². The highest BCUT2D eigenvalue weighted by Crippen LogP contribution is 2.39. The molecule has 0 radical (unpaired) electrons. The van der Waals surface area contributed by atoms with Crippen LogP contribution in [0.25, 0.3) is 21.0 Å². The van der Waals surface area contributed by atoms with Crippen molar-refractivity contribution in [3.05, 3.63) is 93.5 Å². The molecule has 2 aromatic heterocycles. The van der Waals surface area contributed by atoms with E-state index in [1.807, 2.05) is 0 Å². The molecule has 14 heteroatoms. The summed E-state index contributed by atoms with van der Waals surface area (Å²) in [6.45, 7) is -0.483. The van der Waals surface area contributed by atoms with Crippen LogP contribution in [0.3, 0.4) is 0 Å². The number of hydrogen-bond acceptors (Lipinski definition) is 7. The first kappa shape index (κ1) is 29.2. The van der Waals surface area contributed by atoms with E-state index in [1.165, 1.54) is 48.5 Å². The third-order valence-electron chi connectivity index (χ3n) is 5.88. The Morgan fingerprint density at radius 2 is 1.48 bits per heavy atom. The van der Waals surface area contributed by atoms with E-state index in [2.05, 4.69) is 0 Å². The minimum atomic E-state index is -5.05. The number of sulfone groups is 2. The molecule has 208 valence electrons. The lowest BCUT2D eigenvalue weighted by Crippen LogP contribution is -2.28. The molecule has 0 atom stereocenters. The average Bonchev–Trinajstić information content (AvgIpc) is 3.34. The Balaban J connectivity index is 1.98. The van der Waals surface area contributed by atoms with Gasteiger partial charge in [-0.3, -0.25) is 4.79 Å². The van der Waals surface area contributed by atoms with Gasteiger partial charge in [0, 0.05) is 23.0 Å². The fourth-order valence-electron chi connectivity index (χ4n) is 3.91. The maximum atomic E-state index is 14.4. The van der Waals surface area contributed by atoms with E-state index in [0.717, 1.165) is 40.5 Å². The first-order valence-electron chi connectivity index (χ1n) is 11.1. The van der Waals surface area contributed by atoms with Gasteiger partial charge in [-0.05, 0) is 48.0 Å². The van der Waals surface area contributed by atoms with Gasteiger partial charge in [-0.2, -0.15) is 18.4 Å². The molecule has 7 nitrogen and oxygen atoms in total. The van der Waals surface area contributed by atoms with Gasteiger partial charge < -0.3 is 4.57 Å². The molecule has 0 saturated heterocycles. The Bertz CT molecular complexity index is 1920. The minimum Gasteiger partial charge on any atom is -0.302 e. The van der Waals surface area contributed by atoms with Crippen LogP contribution in [-0.4, -0.2) is 33.9 Å². The summed E-state index contributed by atoms with van der Waals surface area (Å²) >= 11 is 0.855. The second-order valence-electron chi connectivity index (χ2n) is 8.81. The number of hydrogen-bond donors (Lipinski definition) is 0. The fraction of sp³-hybridized carbons (Fsp3) is 0.154. The molecule has 40 heavy (non-hydrogen) atoms. The van der Waals surface area contributed by atoms with Crippen LogP contribution in [0.4, 0.5) is 17.6 Å². The van der Waals surface area contributed by atoms with E-state index < -0.39 is 54.9 Å². The van der Waals surface area contributed by atoms with E-state index in [-0.39, 0.29) is 36.4 Å². The zero-order valence-electron chi connectivity index (χ0n) is 20.7. The Labute approximate surface area is 230 Å². The van der Waals surface area contributed by atoms with Crippen LogP contribution in [0, 0.1) is 17.1 Å². The SMILES string of the molecule is CS(=O)(=O)c1cc(-c2ccc(-c3cc(C(F)(F)F)c(C#N)c(=O)n3Cc3ccccc3F)s2)cc(S(C)(=O)=O)c1. The zero-order valence-corrected chi connectivity index (χ0v) is 23.1. The summed E-state index contributed by atoms with van der Waals surface area (Å²) < 4.78 is 106. The first-order chi connectivity index (χ1) is 18.5. The highest BCUT2D eigenvalue weighted by molar-refractivity contribution is 7.91. The van der Waals surface area contributed by atoms with Crippen LogP contribution in [-0.2, 0) is 32.4 Å². The monoisotopic (exact) mass is 610 g/mol. The summed E-state index contributed by atoms with van der Waals surface area (Å²) in [6.07, 6.45) is -3.26. The maximum Gasteiger partial charge on any atom is 0.417 e. The van der Waals surface area contributed by atoms with Gasteiger partial charge >= 0.3 is 6.18 Å². The smallest absolute Gasteiger partial charge is 0.302 e. The normalized spacial score (nSPS) is 12.3. The number of alkyl halides is 3. The van der Waals surface area contributed by atoms with Gasteiger partial charge in [0.05, 0.1) is 32.5 Å². The van der Waals surface area contributed by atoms with E-state index in [4.69, 9.17) is 0 Å². The molecule has 2 aromatic carbocycles. The number of nitriles is 1. The van der Waals surface area contributed by atoms with Gasteiger partial charge in [0.25, 0.3) is 5.56 Å². The number of aromatic nitrogens is 1. The quantitative estimate of drug-likeness (QED) is 0.280. The van der Waals surface area contributed by atoms with Crippen LogP contribution >= 0.6 is 11.3 Å². The first-order valence-corrected chi connectivity index (χ1v) is 15.7.